The van der Waals surface area contributed by atoms with E-state index in [2.05, 4.69) is 38.0 Å². The van der Waals surface area contributed by atoms with Crippen molar-refractivity contribution < 1.29 is 0 Å². The Hall–Kier alpha value is -0.0800. The van der Waals surface area contributed by atoms with E-state index in [1.807, 2.05) is 0 Å². The van der Waals surface area contributed by atoms with Gasteiger partial charge in [0.1, 0.15) is 0 Å². The van der Waals surface area contributed by atoms with Crippen molar-refractivity contribution in [1.82, 2.24) is 10.2 Å². The second-order valence-electron chi connectivity index (χ2n) is 7.15. The second-order valence-corrected chi connectivity index (χ2v) is 7.15. The molecule has 0 saturated heterocycles. The zero-order valence-electron chi connectivity index (χ0n) is 13.1. The van der Waals surface area contributed by atoms with Gasteiger partial charge in [0.15, 0.2) is 0 Å². The third-order valence-corrected chi connectivity index (χ3v) is 3.92. The van der Waals surface area contributed by atoms with E-state index in [0.717, 1.165) is 12.5 Å². The molecule has 1 aliphatic rings. The Bertz CT molecular complexity index is 202. The molecule has 0 amide bonds. The molecule has 0 heterocycles. The molecule has 1 aliphatic carbocycles. The molecule has 2 heteroatoms. The number of unbranched alkanes of at least 4 members (excludes halogenated alkanes) is 2. The Balaban J connectivity index is 1.90. The third-order valence-electron chi connectivity index (χ3n) is 3.92. The van der Waals surface area contributed by atoms with E-state index >= 15 is 0 Å². The average molecular weight is 254 g/mol. The van der Waals surface area contributed by atoms with Crippen LogP contribution in [0.15, 0.2) is 0 Å². The van der Waals surface area contributed by atoms with Crippen LogP contribution in [0.3, 0.4) is 0 Å². The summed E-state index contributed by atoms with van der Waals surface area (Å²) in [5, 5.41) is 3.56. The maximum Gasteiger partial charge on any atom is 0.00965 e. The van der Waals surface area contributed by atoms with Gasteiger partial charge in [-0.05, 0) is 72.5 Å². The van der Waals surface area contributed by atoms with Gasteiger partial charge in [0.2, 0.25) is 0 Å². The fraction of sp³-hybridized carbons (Fsp3) is 1.00. The Morgan fingerprint density at radius 1 is 1.06 bits per heavy atom. The van der Waals surface area contributed by atoms with Gasteiger partial charge in [-0.15, -0.1) is 0 Å². The highest BCUT2D eigenvalue weighted by molar-refractivity contribution is 4.71. The summed E-state index contributed by atoms with van der Waals surface area (Å²) in [6.07, 6.45) is 9.91. The van der Waals surface area contributed by atoms with E-state index < -0.39 is 0 Å². The van der Waals surface area contributed by atoms with Crippen molar-refractivity contribution in [2.45, 2.75) is 71.3 Å². The minimum atomic E-state index is 0.277. The van der Waals surface area contributed by atoms with Crippen molar-refractivity contribution in [2.75, 3.05) is 26.7 Å². The van der Waals surface area contributed by atoms with Crippen LogP contribution in [0.2, 0.25) is 0 Å². The maximum atomic E-state index is 3.56. The van der Waals surface area contributed by atoms with Crippen molar-refractivity contribution >= 4 is 0 Å². The number of nitrogens with one attached hydrogen (secondary N) is 1. The molecule has 0 atom stereocenters. The molecule has 2 nitrogen and oxygen atoms in total. The quantitative estimate of drug-likeness (QED) is 0.665. The van der Waals surface area contributed by atoms with Gasteiger partial charge in [0.25, 0.3) is 0 Å². The van der Waals surface area contributed by atoms with Crippen molar-refractivity contribution in [1.29, 1.82) is 0 Å². The summed E-state index contributed by atoms with van der Waals surface area (Å²) >= 11 is 0. The summed E-state index contributed by atoms with van der Waals surface area (Å²) < 4.78 is 0. The molecule has 1 rings (SSSR count). The number of rotatable bonds is 8. The van der Waals surface area contributed by atoms with E-state index in [9.17, 15) is 0 Å². The van der Waals surface area contributed by atoms with Crippen molar-refractivity contribution in [3.05, 3.63) is 0 Å². The Labute approximate surface area is 115 Å². The first-order chi connectivity index (χ1) is 8.47. The van der Waals surface area contributed by atoms with Gasteiger partial charge in [0.05, 0.1) is 0 Å². The SMILES string of the molecule is CN(CCCCCNC(C)(C)C)CC1CCCC1. The van der Waals surface area contributed by atoms with Crippen LogP contribution in [0.4, 0.5) is 0 Å². The molecule has 0 unspecified atom stereocenters. The van der Waals surface area contributed by atoms with Gasteiger partial charge in [-0.25, -0.2) is 0 Å². The van der Waals surface area contributed by atoms with Crippen LogP contribution in [0.5, 0.6) is 0 Å². The largest absolute Gasteiger partial charge is 0.312 e. The molecular formula is C16H34N2. The monoisotopic (exact) mass is 254 g/mol. The van der Waals surface area contributed by atoms with Crippen LogP contribution in [0.1, 0.15) is 65.7 Å². The highest BCUT2D eigenvalue weighted by atomic mass is 15.1. The number of nitrogens with zero attached hydrogens (tertiary/aromatic N) is 1. The van der Waals surface area contributed by atoms with Crippen LogP contribution >= 0.6 is 0 Å². The molecule has 1 N–H and O–H groups in total. The zero-order chi connectivity index (χ0) is 13.4. The predicted molar refractivity (Wildman–Crippen MR) is 81.1 cm³/mol. The van der Waals surface area contributed by atoms with Crippen LogP contribution < -0.4 is 5.32 Å². The lowest BCUT2D eigenvalue weighted by Crippen LogP contribution is -2.36. The Morgan fingerprint density at radius 3 is 2.33 bits per heavy atom. The Kier molecular flexibility index (Phi) is 7.25. The van der Waals surface area contributed by atoms with Gasteiger partial charge in [-0.1, -0.05) is 19.3 Å². The molecule has 0 bridgehead atoms. The number of hydrogen-bond donors (Lipinski definition) is 1. The minimum Gasteiger partial charge on any atom is -0.312 e. The lowest BCUT2D eigenvalue weighted by molar-refractivity contribution is 0.271. The van der Waals surface area contributed by atoms with Crippen molar-refractivity contribution in [3.8, 4) is 0 Å². The molecule has 0 aromatic carbocycles. The molecule has 18 heavy (non-hydrogen) atoms. The molecular weight excluding hydrogens is 220 g/mol. The van der Waals surface area contributed by atoms with E-state index in [4.69, 9.17) is 0 Å². The second kappa shape index (κ2) is 8.16. The van der Waals surface area contributed by atoms with Gasteiger partial charge in [-0.2, -0.15) is 0 Å². The Morgan fingerprint density at radius 2 is 1.72 bits per heavy atom. The van der Waals surface area contributed by atoms with Gasteiger partial charge in [0, 0.05) is 12.1 Å². The zero-order valence-corrected chi connectivity index (χ0v) is 13.1. The van der Waals surface area contributed by atoms with Gasteiger partial charge >= 0.3 is 0 Å². The fourth-order valence-electron chi connectivity index (χ4n) is 2.87. The summed E-state index contributed by atoms with van der Waals surface area (Å²) in [6, 6.07) is 0. The van der Waals surface area contributed by atoms with Crippen LogP contribution in [0, 0.1) is 5.92 Å². The molecule has 0 aromatic rings. The molecule has 0 aromatic heterocycles. The summed E-state index contributed by atoms with van der Waals surface area (Å²) in [5.74, 6) is 0.998. The van der Waals surface area contributed by atoms with E-state index in [-0.39, 0.29) is 5.54 Å². The first-order valence-corrected chi connectivity index (χ1v) is 7.91. The average Bonchev–Trinajstić information content (AvgIpc) is 2.74. The summed E-state index contributed by atoms with van der Waals surface area (Å²) in [4.78, 5) is 2.55. The summed E-state index contributed by atoms with van der Waals surface area (Å²) in [7, 11) is 2.30. The molecule has 108 valence electrons. The van der Waals surface area contributed by atoms with Crippen LogP contribution in [0.25, 0.3) is 0 Å². The molecule has 1 saturated carbocycles. The standard InChI is InChI=1S/C16H34N2/c1-16(2,3)17-12-8-5-9-13-18(4)14-15-10-6-7-11-15/h15,17H,5-14H2,1-4H3. The first kappa shape index (κ1) is 16.0. The third kappa shape index (κ3) is 8.10. The number of hydrogen-bond acceptors (Lipinski definition) is 2. The highest BCUT2D eigenvalue weighted by Crippen LogP contribution is 2.25. The van der Waals surface area contributed by atoms with Crippen LogP contribution in [-0.2, 0) is 0 Å². The van der Waals surface area contributed by atoms with E-state index in [0.29, 0.717) is 0 Å². The van der Waals surface area contributed by atoms with Gasteiger partial charge < -0.3 is 10.2 Å². The maximum absolute atomic E-state index is 3.56. The molecule has 1 fully saturated rings. The predicted octanol–water partition coefficient (Wildman–Crippen LogP) is 3.67. The van der Waals surface area contributed by atoms with Crippen LogP contribution in [-0.4, -0.2) is 37.1 Å². The lowest BCUT2D eigenvalue weighted by Gasteiger charge is -2.22. The van der Waals surface area contributed by atoms with Crippen molar-refractivity contribution in [2.24, 2.45) is 5.92 Å². The highest BCUT2D eigenvalue weighted by Gasteiger charge is 2.16. The van der Waals surface area contributed by atoms with Gasteiger partial charge in [-0.3, -0.25) is 0 Å². The van der Waals surface area contributed by atoms with E-state index in [1.165, 1.54) is 58.0 Å². The van der Waals surface area contributed by atoms with E-state index in [1.54, 1.807) is 0 Å². The van der Waals surface area contributed by atoms with Crippen molar-refractivity contribution in [3.63, 3.8) is 0 Å². The molecule has 0 spiro atoms. The topological polar surface area (TPSA) is 15.3 Å². The summed E-state index contributed by atoms with van der Waals surface area (Å²) in [6.45, 7) is 10.5. The summed E-state index contributed by atoms with van der Waals surface area (Å²) in [5.41, 5.74) is 0.277. The lowest BCUT2D eigenvalue weighted by atomic mass is 10.1. The normalized spacial score (nSPS) is 17.8. The fourth-order valence-corrected chi connectivity index (χ4v) is 2.87. The minimum absolute atomic E-state index is 0.277. The molecule has 0 radical (unpaired) electrons. The first-order valence-electron chi connectivity index (χ1n) is 7.91. The molecule has 0 aliphatic heterocycles. The smallest absolute Gasteiger partial charge is 0.00965 e.